The van der Waals surface area contributed by atoms with Crippen LogP contribution in [0, 0.1) is 5.92 Å². The number of ether oxygens (including phenoxy) is 1. The van der Waals surface area contributed by atoms with E-state index in [1.165, 1.54) is 11.8 Å². The smallest absolute Gasteiger partial charge is 0.305 e. The minimum atomic E-state index is -0.224. The highest BCUT2D eigenvalue weighted by Gasteiger charge is 2.05. The van der Waals surface area contributed by atoms with E-state index in [0.29, 0.717) is 31.7 Å². The van der Waals surface area contributed by atoms with Crippen LogP contribution in [0.2, 0.25) is 0 Å². The zero-order valence-corrected chi connectivity index (χ0v) is 11.9. The third kappa shape index (κ3) is 10.4. The molecule has 6 heteroatoms. The molecule has 2 N–H and O–H groups in total. The highest BCUT2D eigenvalue weighted by Crippen LogP contribution is 2.06. The molecule has 5 nitrogen and oxygen atoms in total. The van der Waals surface area contributed by atoms with Crippen molar-refractivity contribution in [2.45, 2.75) is 26.7 Å². The molecule has 0 fully saturated rings. The number of hydrogen-bond donors (Lipinski definition) is 2. The zero-order chi connectivity index (χ0) is 13.8. The Morgan fingerprint density at radius 3 is 2.78 bits per heavy atom. The molecule has 0 aromatic carbocycles. The Labute approximate surface area is 113 Å². The lowest BCUT2D eigenvalue weighted by Gasteiger charge is -2.07. The van der Waals surface area contributed by atoms with E-state index in [0.717, 1.165) is 5.75 Å². The number of rotatable bonds is 10. The van der Waals surface area contributed by atoms with Crippen LogP contribution in [-0.4, -0.2) is 48.2 Å². The number of carbonyl (C=O) groups is 2. The van der Waals surface area contributed by atoms with Crippen molar-refractivity contribution in [2.75, 3.05) is 31.3 Å². The molecule has 0 aliphatic heterocycles. The molecule has 106 valence electrons. The van der Waals surface area contributed by atoms with Gasteiger partial charge in [0.05, 0.1) is 12.4 Å². The normalized spacial score (nSPS) is 11.9. The van der Waals surface area contributed by atoms with Crippen molar-refractivity contribution >= 4 is 23.6 Å². The highest BCUT2D eigenvalue weighted by atomic mass is 32.2. The standard InChI is InChI=1S/C12H23NO4S/c1-3-17-12(16)5-4-6-13-11(15)9-18-8-10(2)7-14/h10,14H,3-9H2,1-2H3,(H,13,15). The molecule has 0 radical (unpaired) electrons. The molecule has 0 saturated carbocycles. The molecule has 0 aromatic heterocycles. The second-order valence-electron chi connectivity index (χ2n) is 4.06. The summed E-state index contributed by atoms with van der Waals surface area (Å²) in [7, 11) is 0. The lowest BCUT2D eigenvalue weighted by molar-refractivity contribution is -0.143. The number of hydrogen-bond acceptors (Lipinski definition) is 5. The van der Waals surface area contributed by atoms with Crippen LogP contribution in [0.3, 0.4) is 0 Å². The Morgan fingerprint density at radius 1 is 1.44 bits per heavy atom. The quantitative estimate of drug-likeness (QED) is 0.456. The number of thioether (sulfide) groups is 1. The molecule has 0 rings (SSSR count). The second-order valence-corrected chi connectivity index (χ2v) is 5.09. The molecule has 0 aliphatic carbocycles. The first-order valence-corrected chi connectivity index (χ1v) is 7.36. The van der Waals surface area contributed by atoms with Crippen LogP contribution in [-0.2, 0) is 14.3 Å². The summed E-state index contributed by atoms with van der Waals surface area (Å²) in [5.74, 6) is 1.12. The Hall–Kier alpha value is -0.750. The van der Waals surface area contributed by atoms with E-state index in [1.54, 1.807) is 6.92 Å². The summed E-state index contributed by atoms with van der Waals surface area (Å²) in [6.45, 7) is 4.74. The molecular formula is C12H23NO4S. The third-order valence-electron chi connectivity index (χ3n) is 2.13. The first-order valence-electron chi connectivity index (χ1n) is 6.21. The lowest BCUT2D eigenvalue weighted by Crippen LogP contribution is -2.27. The van der Waals surface area contributed by atoms with E-state index >= 15 is 0 Å². The van der Waals surface area contributed by atoms with Crippen molar-refractivity contribution in [3.63, 3.8) is 0 Å². The summed E-state index contributed by atoms with van der Waals surface area (Å²) in [4.78, 5) is 22.4. The highest BCUT2D eigenvalue weighted by molar-refractivity contribution is 7.99. The second kappa shape index (κ2) is 11.3. The maximum Gasteiger partial charge on any atom is 0.305 e. The van der Waals surface area contributed by atoms with Gasteiger partial charge in [-0.1, -0.05) is 6.92 Å². The summed E-state index contributed by atoms with van der Waals surface area (Å²) in [5, 5.41) is 11.6. The van der Waals surface area contributed by atoms with E-state index in [9.17, 15) is 9.59 Å². The number of aliphatic hydroxyl groups is 1. The van der Waals surface area contributed by atoms with Gasteiger partial charge >= 0.3 is 5.97 Å². The number of nitrogens with one attached hydrogen (secondary N) is 1. The van der Waals surface area contributed by atoms with Crippen molar-refractivity contribution < 1.29 is 19.4 Å². The maximum atomic E-state index is 11.4. The van der Waals surface area contributed by atoms with Gasteiger partial charge in [-0.05, 0) is 25.0 Å². The van der Waals surface area contributed by atoms with Crippen LogP contribution >= 0.6 is 11.8 Å². The number of esters is 1. The molecule has 18 heavy (non-hydrogen) atoms. The molecule has 0 heterocycles. The molecule has 1 unspecified atom stereocenters. The fourth-order valence-electron chi connectivity index (χ4n) is 1.15. The Morgan fingerprint density at radius 2 is 2.17 bits per heavy atom. The van der Waals surface area contributed by atoms with Crippen LogP contribution in [0.25, 0.3) is 0 Å². The lowest BCUT2D eigenvalue weighted by atomic mass is 10.2. The van der Waals surface area contributed by atoms with Gasteiger partial charge in [-0.25, -0.2) is 0 Å². The summed E-state index contributed by atoms with van der Waals surface area (Å²) in [6, 6.07) is 0. The summed E-state index contributed by atoms with van der Waals surface area (Å²) >= 11 is 1.50. The van der Waals surface area contributed by atoms with Crippen molar-refractivity contribution in [1.29, 1.82) is 0 Å². The third-order valence-corrected chi connectivity index (χ3v) is 3.40. The van der Waals surface area contributed by atoms with E-state index in [4.69, 9.17) is 9.84 Å². The van der Waals surface area contributed by atoms with Crippen molar-refractivity contribution in [3.05, 3.63) is 0 Å². The van der Waals surface area contributed by atoms with Gasteiger partial charge in [-0.2, -0.15) is 11.8 Å². The SMILES string of the molecule is CCOC(=O)CCCNC(=O)CSCC(C)CO. The first kappa shape index (κ1) is 17.2. The van der Waals surface area contributed by atoms with Crippen LogP contribution in [0.15, 0.2) is 0 Å². The molecule has 0 spiro atoms. The zero-order valence-electron chi connectivity index (χ0n) is 11.1. The van der Waals surface area contributed by atoms with Crippen molar-refractivity contribution in [3.8, 4) is 0 Å². The fraction of sp³-hybridized carbons (Fsp3) is 0.833. The van der Waals surface area contributed by atoms with Gasteiger partial charge < -0.3 is 15.2 Å². The first-order chi connectivity index (χ1) is 8.60. The van der Waals surface area contributed by atoms with Crippen LogP contribution in [0.1, 0.15) is 26.7 Å². The van der Waals surface area contributed by atoms with Gasteiger partial charge in [0.1, 0.15) is 0 Å². The van der Waals surface area contributed by atoms with E-state index in [-0.39, 0.29) is 24.4 Å². The molecule has 1 atom stereocenters. The monoisotopic (exact) mass is 277 g/mol. The topological polar surface area (TPSA) is 75.6 Å². The van der Waals surface area contributed by atoms with Gasteiger partial charge in [0, 0.05) is 19.6 Å². The summed E-state index contributed by atoms with van der Waals surface area (Å²) < 4.78 is 4.77. The predicted octanol–water partition coefficient (Wildman–Crippen LogP) is 0.807. The minimum absolute atomic E-state index is 0.0333. The van der Waals surface area contributed by atoms with E-state index < -0.39 is 0 Å². The molecule has 0 aliphatic rings. The van der Waals surface area contributed by atoms with Gasteiger partial charge in [-0.15, -0.1) is 0 Å². The largest absolute Gasteiger partial charge is 0.466 e. The molecule has 0 aromatic rings. The average Bonchev–Trinajstić information content (AvgIpc) is 2.34. The van der Waals surface area contributed by atoms with Crippen molar-refractivity contribution in [2.24, 2.45) is 5.92 Å². The fourth-order valence-corrected chi connectivity index (χ4v) is 2.06. The molecule has 0 saturated heterocycles. The molecule has 0 bridgehead atoms. The van der Waals surface area contributed by atoms with Crippen LogP contribution < -0.4 is 5.32 Å². The minimum Gasteiger partial charge on any atom is -0.466 e. The van der Waals surface area contributed by atoms with E-state index in [1.807, 2.05) is 6.92 Å². The van der Waals surface area contributed by atoms with Gasteiger partial charge in [-0.3, -0.25) is 9.59 Å². The van der Waals surface area contributed by atoms with Gasteiger partial charge in [0.15, 0.2) is 0 Å². The number of aliphatic hydroxyl groups excluding tert-OH is 1. The maximum absolute atomic E-state index is 11.4. The Kier molecular flexibility index (Phi) is 10.9. The van der Waals surface area contributed by atoms with Gasteiger partial charge in [0.25, 0.3) is 0 Å². The van der Waals surface area contributed by atoms with E-state index in [2.05, 4.69) is 5.32 Å². The number of amides is 1. The Balaban J connectivity index is 3.40. The average molecular weight is 277 g/mol. The van der Waals surface area contributed by atoms with Crippen molar-refractivity contribution in [1.82, 2.24) is 5.32 Å². The number of carbonyl (C=O) groups excluding carboxylic acids is 2. The summed E-state index contributed by atoms with van der Waals surface area (Å²) in [5.41, 5.74) is 0. The molecule has 1 amide bonds. The Bertz CT molecular complexity index is 248. The predicted molar refractivity (Wildman–Crippen MR) is 72.5 cm³/mol. The van der Waals surface area contributed by atoms with Crippen LogP contribution in [0.4, 0.5) is 0 Å². The van der Waals surface area contributed by atoms with Gasteiger partial charge in [0.2, 0.25) is 5.91 Å². The summed E-state index contributed by atoms with van der Waals surface area (Å²) in [6.07, 6.45) is 0.936. The molecular weight excluding hydrogens is 254 g/mol. The van der Waals surface area contributed by atoms with Crippen LogP contribution in [0.5, 0.6) is 0 Å².